The van der Waals surface area contributed by atoms with Crippen LogP contribution in [0, 0.1) is 52.3 Å². The molecule has 4 aliphatic carbocycles. The van der Waals surface area contributed by atoms with E-state index in [4.69, 9.17) is 0 Å². The Kier molecular flexibility index (Phi) is 13.6. The minimum atomic E-state index is -0.665. The minimum Gasteiger partial charge on any atom is -0.393 e. The summed E-state index contributed by atoms with van der Waals surface area (Å²) in [7, 11) is 0. The highest BCUT2D eigenvalue weighted by molar-refractivity contribution is 5.91. The molecule has 0 aliphatic heterocycles. The average molecular weight is 641 g/mol. The van der Waals surface area contributed by atoms with Gasteiger partial charge in [-0.05, 0) is 104 Å². The summed E-state index contributed by atoms with van der Waals surface area (Å²) in [5, 5.41) is 22.4. The molecule has 0 bridgehead atoms. The Labute approximate surface area is 281 Å². The Bertz CT molecular complexity index is 1050. The summed E-state index contributed by atoms with van der Waals surface area (Å²) in [5.41, 5.74) is 1.90. The smallest absolute Gasteiger partial charge is 0.337 e. The van der Waals surface area contributed by atoms with Gasteiger partial charge in [0.05, 0.1) is 12.2 Å². The van der Waals surface area contributed by atoms with Crippen molar-refractivity contribution in [1.29, 1.82) is 0 Å². The number of hydrogen-bond acceptors (Lipinski definition) is 5. The van der Waals surface area contributed by atoms with E-state index in [1.807, 2.05) is 0 Å². The third kappa shape index (κ3) is 8.57. The summed E-state index contributed by atoms with van der Waals surface area (Å²) in [5.74, 6) is 3.13. The number of unbranched alkanes of at least 4 members (excludes halogenated alkanes) is 7. The second-order valence-corrected chi connectivity index (χ2v) is 16.9. The Balaban J connectivity index is 1.35. The van der Waals surface area contributed by atoms with E-state index in [-0.39, 0.29) is 23.0 Å². The third-order valence-electron chi connectivity index (χ3n) is 13.7. The second-order valence-electron chi connectivity index (χ2n) is 16.9. The maximum atomic E-state index is 11.9. The molecule has 0 aromatic rings. The van der Waals surface area contributed by atoms with Crippen LogP contribution in [0.2, 0.25) is 0 Å². The fraction of sp³-hybridized carbons (Fsp3) is 0.854. The van der Waals surface area contributed by atoms with E-state index in [2.05, 4.69) is 52.0 Å². The molecule has 2 N–H and O–H groups in total. The van der Waals surface area contributed by atoms with Crippen molar-refractivity contribution in [2.75, 3.05) is 0 Å². The molecule has 0 aromatic heterocycles. The van der Waals surface area contributed by atoms with E-state index < -0.39 is 11.9 Å². The number of rotatable bonds is 17. The molecule has 0 heterocycles. The van der Waals surface area contributed by atoms with E-state index in [0.717, 1.165) is 63.4 Å². The minimum absolute atomic E-state index is 0.181. The van der Waals surface area contributed by atoms with Crippen LogP contribution in [-0.4, -0.2) is 34.4 Å². The van der Waals surface area contributed by atoms with Gasteiger partial charge in [0.2, 0.25) is 0 Å². The normalized spacial score (nSPS) is 35.9. The number of aliphatic hydroxyl groups excluding tert-OH is 2. The predicted octanol–water partition coefficient (Wildman–Crippen LogP) is 9.74. The van der Waals surface area contributed by atoms with E-state index in [9.17, 15) is 19.8 Å². The SMILES string of the molecule is C=CC(=O)OC(=O)CCCCCCCCCCC1CC2C(CC=C3CC(O)CCC32C)C2C(O)CC(C(C)CCCC(C)C)C12C. The molecule has 10 unspecified atom stereocenters. The van der Waals surface area contributed by atoms with Crippen molar-refractivity contribution in [1.82, 2.24) is 0 Å². The Hall–Kier alpha value is -1.46. The molecular weight excluding hydrogens is 572 g/mol. The molecule has 0 spiro atoms. The molecule has 0 aromatic carbocycles. The van der Waals surface area contributed by atoms with Gasteiger partial charge in [-0.15, -0.1) is 0 Å². The Morgan fingerprint density at radius 1 is 0.978 bits per heavy atom. The first kappa shape index (κ1) is 37.4. The predicted molar refractivity (Wildman–Crippen MR) is 187 cm³/mol. The number of esters is 2. The zero-order valence-corrected chi connectivity index (χ0v) is 30.1. The number of carbonyl (C=O) groups excluding carboxylic acids is 2. The van der Waals surface area contributed by atoms with Crippen LogP contribution in [0.1, 0.15) is 157 Å². The van der Waals surface area contributed by atoms with Crippen LogP contribution in [0.4, 0.5) is 0 Å². The average Bonchev–Trinajstić information content (AvgIpc) is 3.29. The molecule has 4 rings (SSSR count). The molecule has 5 heteroatoms. The van der Waals surface area contributed by atoms with Crippen molar-refractivity contribution >= 4 is 11.9 Å². The molecule has 262 valence electrons. The number of aliphatic hydroxyl groups is 2. The van der Waals surface area contributed by atoms with Gasteiger partial charge in [0.25, 0.3) is 0 Å². The fourth-order valence-corrected chi connectivity index (χ4v) is 11.2. The lowest BCUT2D eigenvalue weighted by Gasteiger charge is -2.61. The van der Waals surface area contributed by atoms with Crippen molar-refractivity contribution in [3.05, 3.63) is 24.3 Å². The number of fused-ring (bicyclic) bond motifs is 5. The van der Waals surface area contributed by atoms with Crippen molar-refractivity contribution in [3.63, 3.8) is 0 Å². The largest absolute Gasteiger partial charge is 0.393 e. The van der Waals surface area contributed by atoms with E-state index in [1.165, 1.54) is 69.8 Å². The first-order valence-corrected chi connectivity index (χ1v) is 19.3. The lowest BCUT2D eigenvalue weighted by Crippen LogP contribution is -2.56. The zero-order valence-electron chi connectivity index (χ0n) is 30.1. The van der Waals surface area contributed by atoms with Crippen LogP contribution >= 0.6 is 0 Å². The van der Waals surface area contributed by atoms with Gasteiger partial charge in [0.15, 0.2) is 0 Å². The fourth-order valence-electron chi connectivity index (χ4n) is 11.2. The van der Waals surface area contributed by atoms with Crippen LogP contribution in [0.15, 0.2) is 24.3 Å². The summed E-state index contributed by atoms with van der Waals surface area (Å²) in [6.07, 6.45) is 24.0. The number of hydrogen-bond donors (Lipinski definition) is 2. The highest BCUT2D eigenvalue weighted by Gasteiger charge is 2.65. The van der Waals surface area contributed by atoms with Crippen molar-refractivity contribution in [3.8, 4) is 0 Å². The van der Waals surface area contributed by atoms with E-state index >= 15 is 0 Å². The monoisotopic (exact) mass is 641 g/mol. The number of ether oxygens (including phenoxy) is 1. The Morgan fingerprint density at radius 3 is 2.33 bits per heavy atom. The van der Waals surface area contributed by atoms with Crippen molar-refractivity contribution in [2.45, 2.75) is 169 Å². The summed E-state index contributed by atoms with van der Waals surface area (Å²) >= 11 is 0. The maximum Gasteiger partial charge on any atom is 0.337 e. The molecule has 0 radical (unpaired) electrons. The zero-order chi connectivity index (χ0) is 33.5. The molecule has 0 amide bonds. The number of allylic oxidation sites excluding steroid dienone is 1. The lowest BCUT2D eigenvalue weighted by atomic mass is 9.43. The highest BCUT2D eigenvalue weighted by atomic mass is 16.6. The number of carbonyl (C=O) groups is 2. The molecular formula is C41H68O5. The first-order valence-electron chi connectivity index (χ1n) is 19.3. The van der Waals surface area contributed by atoms with Gasteiger partial charge in [0, 0.05) is 12.5 Å². The maximum absolute atomic E-state index is 11.9. The van der Waals surface area contributed by atoms with Crippen LogP contribution in [0.3, 0.4) is 0 Å². The van der Waals surface area contributed by atoms with Crippen LogP contribution in [0.5, 0.6) is 0 Å². The summed E-state index contributed by atoms with van der Waals surface area (Å²) in [6.45, 7) is 15.6. The van der Waals surface area contributed by atoms with Gasteiger partial charge in [-0.25, -0.2) is 4.79 Å². The molecule has 5 nitrogen and oxygen atoms in total. The van der Waals surface area contributed by atoms with Crippen LogP contribution in [-0.2, 0) is 14.3 Å². The van der Waals surface area contributed by atoms with Gasteiger partial charge in [0.1, 0.15) is 0 Å². The standard InChI is InChI=1S/C41H68O5/c1-7-37(44)46-38(45)20-15-13-11-9-8-10-12-14-19-31-26-35-33(22-21-30-25-32(42)23-24-40(30,35)5)39-36(43)27-34(41(31,39)6)29(4)18-16-17-28(2)3/h7,21,28-29,31-36,39,42-43H,1,8-20,22-27H2,2-6H3. The van der Waals surface area contributed by atoms with Crippen LogP contribution in [0.25, 0.3) is 0 Å². The van der Waals surface area contributed by atoms with Gasteiger partial charge in [-0.2, -0.15) is 0 Å². The third-order valence-corrected chi connectivity index (χ3v) is 13.7. The first-order chi connectivity index (χ1) is 21.9. The quantitative estimate of drug-likeness (QED) is 0.0544. The molecule has 46 heavy (non-hydrogen) atoms. The second kappa shape index (κ2) is 16.8. The van der Waals surface area contributed by atoms with E-state index in [1.54, 1.807) is 0 Å². The highest BCUT2D eigenvalue weighted by Crippen LogP contribution is 2.69. The molecule has 4 aliphatic rings. The van der Waals surface area contributed by atoms with Crippen molar-refractivity contribution < 1.29 is 24.5 Å². The summed E-state index contributed by atoms with van der Waals surface area (Å²) in [6, 6.07) is 0. The summed E-state index contributed by atoms with van der Waals surface area (Å²) < 4.78 is 4.65. The molecule has 3 fully saturated rings. The topological polar surface area (TPSA) is 83.8 Å². The van der Waals surface area contributed by atoms with Gasteiger partial charge in [-0.3, -0.25) is 4.79 Å². The lowest BCUT2D eigenvalue weighted by molar-refractivity contribution is -0.156. The van der Waals surface area contributed by atoms with Gasteiger partial charge < -0.3 is 14.9 Å². The van der Waals surface area contributed by atoms with Gasteiger partial charge in [-0.1, -0.05) is 117 Å². The molecule has 0 saturated heterocycles. The summed E-state index contributed by atoms with van der Waals surface area (Å²) in [4.78, 5) is 22.8. The van der Waals surface area contributed by atoms with E-state index in [0.29, 0.717) is 41.9 Å². The molecule has 10 atom stereocenters. The van der Waals surface area contributed by atoms with Gasteiger partial charge >= 0.3 is 11.9 Å². The molecule has 3 saturated carbocycles. The van der Waals surface area contributed by atoms with Crippen molar-refractivity contribution in [2.24, 2.45) is 52.3 Å². The Morgan fingerprint density at radius 2 is 1.65 bits per heavy atom. The van der Waals surface area contributed by atoms with Crippen LogP contribution < -0.4 is 0 Å².